The molecule has 0 saturated heterocycles. The van der Waals surface area contributed by atoms with Crippen LogP contribution in [0.4, 0.5) is 5.82 Å². The van der Waals surface area contributed by atoms with Gasteiger partial charge in [-0.15, -0.1) is 0 Å². The van der Waals surface area contributed by atoms with Gasteiger partial charge in [-0.2, -0.15) is 0 Å². The van der Waals surface area contributed by atoms with Crippen molar-refractivity contribution in [2.24, 2.45) is 0 Å². The first-order chi connectivity index (χ1) is 5.97. The van der Waals surface area contributed by atoms with E-state index in [2.05, 4.69) is 28.1 Å². The Kier molecular flexibility index (Phi) is 2.08. The van der Waals surface area contributed by atoms with E-state index < -0.39 is 0 Å². The van der Waals surface area contributed by atoms with Crippen LogP contribution in [-0.4, -0.2) is 18.1 Å². The predicted octanol–water partition coefficient (Wildman–Crippen LogP) is 1.85. The molecule has 1 aliphatic heterocycles. The fourth-order valence-corrected chi connectivity index (χ4v) is 1.39. The van der Waals surface area contributed by atoms with Crippen molar-refractivity contribution in [3.8, 4) is 0 Å². The first-order valence-corrected chi connectivity index (χ1v) is 4.28. The second-order valence-electron chi connectivity index (χ2n) is 2.89. The van der Waals surface area contributed by atoms with Crippen LogP contribution in [0.2, 0.25) is 0 Å². The molecule has 0 aromatic carbocycles. The molecule has 62 valence electrons. The van der Waals surface area contributed by atoms with E-state index in [-0.39, 0.29) is 0 Å². The van der Waals surface area contributed by atoms with Crippen LogP contribution in [0.15, 0.2) is 36.5 Å². The van der Waals surface area contributed by atoms with Gasteiger partial charge in [-0.1, -0.05) is 18.2 Å². The number of hydrogen-bond acceptors (Lipinski definition) is 2. The molecule has 0 fully saturated rings. The Morgan fingerprint density at radius 3 is 2.92 bits per heavy atom. The lowest BCUT2D eigenvalue weighted by atomic mass is 10.2. The standard InChI is InChI=1S/C10H12N2/c1-4-8-12(9-5-1)10-6-2-3-7-11-10/h1-4,6-7H,5,8-9H2. The summed E-state index contributed by atoms with van der Waals surface area (Å²) in [5.74, 6) is 1.09. The van der Waals surface area contributed by atoms with E-state index in [1.54, 1.807) is 0 Å². The normalized spacial score (nSPS) is 16.5. The molecule has 2 heterocycles. The predicted molar refractivity (Wildman–Crippen MR) is 50.2 cm³/mol. The molecule has 12 heavy (non-hydrogen) atoms. The zero-order chi connectivity index (χ0) is 8.23. The Morgan fingerprint density at radius 1 is 1.25 bits per heavy atom. The van der Waals surface area contributed by atoms with Gasteiger partial charge in [0.15, 0.2) is 0 Å². The van der Waals surface area contributed by atoms with E-state index in [0.29, 0.717) is 0 Å². The Hall–Kier alpha value is -1.31. The van der Waals surface area contributed by atoms with Crippen molar-refractivity contribution in [3.63, 3.8) is 0 Å². The Morgan fingerprint density at radius 2 is 2.25 bits per heavy atom. The van der Waals surface area contributed by atoms with Gasteiger partial charge in [-0.3, -0.25) is 0 Å². The summed E-state index contributed by atoms with van der Waals surface area (Å²) in [4.78, 5) is 6.57. The highest BCUT2D eigenvalue weighted by Gasteiger charge is 2.06. The Balaban J connectivity index is 2.15. The van der Waals surface area contributed by atoms with Gasteiger partial charge in [-0.05, 0) is 18.6 Å². The highest BCUT2D eigenvalue weighted by atomic mass is 15.2. The maximum Gasteiger partial charge on any atom is 0.128 e. The van der Waals surface area contributed by atoms with Gasteiger partial charge in [-0.25, -0.2) is 4.98 Å². The summed E-state index contributed by atoms with van der Waals surface area (Å²) in [6, 6.07) is 6.03. The molecule has 1 aliphatic rings. The fraction of sp³-hybridized carbons (Fsp3) is 0.300. The topological polar surface area (TPSA) is 16.1 Å². The molecular formula is C10H12N2. The van der Waals surface area contributed by atoms with Crippen LogP contribution in [0.5, 0.6) is 0 Å². The van der Waals surface area contributed by atoms with Crippen molar-refractivity contribution >= 4 is 5.82 Å². The average Bonchev–Trinajstić information content (AvgIpc) is 2.21. The first-order valence-electron chi connectivity index (χ1n) is 4.28. The summed E-state index contributed by atoms with van der Waals surface area (Å²) in [5, 5.41) is 0. The third-order valence-electron chi connectivity index (χ3n) is 2.03. The molecule has 0 N–H and O–H groups in total. The molecule has 2 heteroatoms. The molecule has 0 aliphatic carbocycles. The van der Waals surface area contributed by atoms with Crippen LogP contribution < -0.4 is 4.90 Å². The second kappa shape index (κ2) is 3.39. The SMILES string of the molecule is C1=CCN(c2ccccn2)CC1. The van der Waals surface area contributed by atoms with Crippen molar-refractivity contribution < 1.29 is 0 Å². The molecule has 1 aromatic rings. The zero-order valence-electron chi connectivity index (χ0n) is 6.98. The summed E-state index contributed by atoms with van der Waals surface area (Å²) in [6.07, 6.45) is 7.39. The van der Waals surface area contributed by atoms with Crippen molar-refractivity contribution in [2.75, 3.05) is 18.0 Å². The van der Waals surface area contributed by atoms with E-state index in [1.165, 1.54) is 0 Å². The fourth-order valence-electron chi connectivity index (χ4n) is 1.39. The monoisotopic (exact) mass is 160 g/mol. The van der Waals surface area contributed by atoms with Crippen molar-refractivity contribution in [3.05, 3.63) is 36.5 Å². The van der Waals surface area contributed by atoms with Crippen molar-refractivity contribution in [2.45, 2.75) is 6.42 Å². The first kappa shape index (κ1) is 7.35. The van der Waals surface area contributed by atoms with Crippen molar-refractivity contribution in [1.29, 1.82) is 0 Å². The van der Waals surface area contributed by atoms with Crippen molar-refractivity contribution in [1.82, 2.24) is 4.98 Å². The van der Waals surface area contributed by atoms with Gasteiger partial charge in [0.1, 0.15) is 5.82 Å². The second-order valence-corrected chi connectivity index (χ2v) is 2.89. The van der Waals surface area contributed by atoms with E-state index in [0.717, 1.165) is 25.3 Å². The molecule has 2 rings (SSSR count). The molecule has 0 atom stereocenters. The lowest BCUT2D eigenvalue weighted by molar-refractivity contribution is 0.806. The Bertz CT molecular complexity index is 266. The number of pyridine rings is 1. The van der Waals surface area contributed by atoms with Gasteiger partial charge in [0.25, 0.3) is 0 Å². The van der Waals surface area contributed by atoms with Crippen LogP contribution in [0.3, 0.4) is 0 Å². The smallest absolute Gasteiger partial charge is 0.128 e. The summed E-state index contributed by atoms with van der Waals surface area (Å²) in [6.45, 7) is 2.09. The largest absolute Gasteiger partial charge is 0.353 e. The van der Waals surface area contributed by atoms with E-state index >= 15 is 0 Å². The highest BCUT2D eigenvalue weighted by Crippen LogP contribution is 2.12. The third kappa shape index (κ3) is 1.47. The van der Waals surface area contributed by atoms with Gasteiger partial charge in [0.2, 0.25) is 0 Å². The van der Waals surface area contributed by atoms with Gasteiger partial charge < -0.3 is 4.90 Å². The number of aromatic nitrogens is 1. The lowest BCUT2D eigenvalue weighted by Gasteiger charge is -2.23. The van der Waals surface area contributed by atoms with Crippen LogP contribution in [-0.2, 0) is 0 Å². The average molecular weight is 160 g/mol. The van der Waals surface area contributed by atoms with Crippen LogP contribution >= 0.6 is 0 Å². The van der Waals surface area contributed by atoms with E-state index in [1.807, 2.05) is 18.3 Å². The highest BCUT2D eigenvalue weighted by molar-refractivity contribution is 5.39. The van der Waals surface area contributed by atoms with E-state index in [4.69, 9.17) is 0 Å². The molecular weight excluding hydrogens is 148 g/mol. The number of rotatable bonds is 1. The molecule has 0 bridgehead atoms. The minimum atomic E-state index is 0.997. The summed E-state index contributed by atoms with van der Waals surface area (Å²) in [5.41, 5.74) is 0. The van der Waals surface area contributed by atoms with Crippen LogP contribution in [0.25, 0.3) is 0 Å². The molecule has 0 amide bonds. The molecule has 0 radical (unpaired) electrons. The Labute approximate surface area is 72.5 Å². The maximum atomic E-state index is 4.29. The molecule has 2 nitrogen and oxygen atoms in total. The summed E-state index contributed by atoms with van der Waals surface area (Å²) < 4.78 is 0. The number of nitrogens with zero attached hydrogens (tertiary/aromatic N) is 2. The quantitative estimate of drug-likeness (QED) is 0.583. The van der Waals surface area contributed by atoms with Crippen LogP contribution in [0.1, 0.15) is 6.42 Å². The van der Waals surface area contributed by atoms with Gasteiger partial charge in [0, 0.05) is 19.3 Å². The van der Waals surface area contributed by atoms with Crippen LogP contribution in [0, 0.1) is 0 Å². The minimum absolute atomic E-state index is 0.997. The van der Waals surface area contributed by atoms with Gasteiger partial charge >= 0.3 is 0 Å². The third-order valence-corrected chi connectivity index (χ3v) is 2.03. The molecule has 0 spiro atoms. The number of hydrogen-bond donors (Lipinski definition) is 0. The maximum absolute atomic E-state index is 4.29. The lowest BCUT2D eigenvalue weighted by Crippen LogP contribution is -2.27. The minimum Gasteiger partial charge on any atom is -0.353 e. The summed E-state index contributed by atoms with van der Waals surface area (Å²) >= 11 is 0. The molecule has 1 aromatic heterocycles. The van der Waals surface area contributed by atoms with Gasteiger partial charge in [0.05, 0.1) is 0 Å². The molecule has 0 saturated carbocycles. The van der Waals surface area contributed by atoms with E-state index in [9.17, 15) is 0 Å². The zero-order valence-corrected chi connectivity index (χ0v) is 6.98. The summed E-state index contributed by atoms with van der Waals surface area (Å²) in [7, 11) is 0. The molecule has 0 unspecified atom stereocenters. The number of anilines is 1.